The van der Waals surface area contributed by atoms with Gasteiger partial charge in [-0.15, -0.1) is 11.3 Å². The number of ether oxygens (including phenoxy) is 2. The lowest BCUT2D eigenvalue weighted by molar-refractivity contribution is -0.133. The maximum absolute atomic E-state index is 12.0. The van der Waals surface area contributed by atoms with Gasteiger partial charge in [0, 0.05) is 24.8 Å². The third-order valence-corrected chi connectivity index (χ3v) is 3.82. The van der Waals surface area contributed by atoms with Gasteiger partial charge in [-0.1, -0.05) is 6.08 Å². The van der Waals surface area contributed by atoms with Crippen LogP contribution in [0, 0.1) is 5.92 Å². The molecule has 1 fully saturated rings. The molecule has 21 heavy (non-hydrogen) atoms. The van der Waals surface area contributed by atoms with Crippen molar-refractivity contribution >= 4 is 33.9 Å². The van der Waals surface area contributed by atoms with E-state index in [0.717, 1.165) is 19.4 Å². The fourth-order valence-corrected chi connectivity index (χ4v) is 2.86. The number of amides is 1. The molecule has 1 unspecified atom stereocenters. The molecule has 114 valence electrons. The monoisotopic (exact) mass is 310 g/mol. The number of carbonyl (C=O) groups excluding carboxylic acids is 2. The lowest BCUT2D eigenvalue weighted by atomic mass is 9.98. The van der Waals surface area contributed by atoms with E-state index in [0.29, 0.717) is 23.0 Å². The molecule has 7 heteroatoms. The van der Waals surface area contributed by atoms with Crippen LogP contribution in [0.5, 0.6) is 0 Å². The summed E-state index contributed by atoms with van der Waals surface area (Å²) in [6, 6.07) is 0. The summed E-state index contributed by atoms with van der Waals surface area (Å²) in [5.41, 5.74) is 0.932. The molecule has 1 N–H and O–H groups in total. The van der Waals surface area contributed by atoms with Gasteiger partial charge in [0.2, 0.25) is 5.91 Å². The molecule has 0 spiro atoms. The van der Waals surface area contributed by atoms with Gasteiger partial charge < -0.3 is 14.8 Å². The van der Waals surface area contributed by atoms with Gasteiger partial charge in [-0.3, -0.25) is 4.79 Å². The van der Waals surface area contributed by atoms with E-state index in [9.17, 15) is 9.59 Å². The van der Waals surface area contributed by atoms with E-state index in [1.54, 1.807) is 5.38 Å². The van der Waals surface area contributed by atoms with Crippen molar-refractivity contribution in [3.05, 3.63) is 17.2 Å². The highest BCUT2D eigenvalue weighted by atomic mass is 32.1. The van der Waals surface area contributed by atoms with Gasteiger partial charge in [0.15, 0.2) is 5.13 Å². The quantitative estimate of drug-likeness (QED) is 0.680. The summed E-state index contributed by atoms with van der Waals surface area (Å²) in [6.45, 7) is 2.78. The van der Waals surface area contributed by atoms with E-state index in [1.807, 2.05) is 6.08 Å². The lowest BCUT2D eigenvalue weighted by Gasteiger charge is -2.19. The molecule has 1 aliphatic rings. The van der Waals surface area contributed by atoms with E-state index in [-0.39, 0.29) is 11.8 Å². The Hall–Kier alpha value is -1.73. The third-order valence-electron chi connectivity index (χ3n) is 3.07. The SMILES string of the molecule is COC(=O)/C(=C\C1CCCOC1)c1csc(NC(C)=O)n1. The average Bonchev–Trinajstić information content (AvgIpc) is 2.92. The van der Waals surface area contributed by atoms with Gasteiger partial charge in [0.05, 0.1) is 25.0 Å². The van der Waals surface area contributed by atoms with Gasteiger partial charge in [-0.05, 0) is 12.8 Å². The first-order valence-electron chi connectivity index (χ1n) is 6.71. The third kappa shape index (κ3) is 4.37. The van der Waals surface area contributed by atoms with E-state index in [2.05, 4.69) is 10.3 Å². The largest absolute Gasteiger partial charge is 0.465 e. The molecular weight excluding hydrogens is 292 g/mol. The smallest absolute Gasteiger partial charge is 0.339 e. The maximum Gasteiger partial charge on any atom is 0.339 e. The van der Waals surface area contributed by atoms with Crippen LogP contribution >= 0.6 is 11.3 Å². The van der Waals surface area contributed by atoms with Crippen LogP contribution in [0.2, 0.25) is 0 Å². The summed E-state index contributed by atoms with van der Waals surface area (Å²) < 4.78 is 10.2. The zero-order valence-corrected chi connectivity index (χ0v) is 12.9. The van der Waals surface area contributed by atoms with Crippen LogP contribution in [0.1, 0.15) is 25.5 Å². The molecule has 0 radical (unpaired) electrons. The number of rotatable bonds is 4. The summed E-state index contributed by atoms with van der Waals surface area (Å²) in [7, 11) is 1.34. The first-order valence-corrected chi connectivity index (χ1v) is 7.59. The van der Waals surface area contributed by atoms with Crippen molar-refractivity contribution in [3.63, 3.8) is 0 Å². The fourth-order valence-electron chi connectivity index (χ4n) is 2.11. The molecule has 6 nitrogen and oxygen atoms in total. The second kappa shape index (κ2) is 7.33. The highest BCUT2D eigenvalue weighted by molar-refractivity contribution is 7.14. The van der Waals surface area contributed by atoms with E-state index in [4.69, 9.17) is 9.47 Å². The van der Waals surface area contributed by atoms with Gasteiger partial charge in [-0.2, -0.15) is 0 Å². The summed E-state index contributed by atoms with van der Waals surface area (Å²) in [6.07, 6.45) is 3.81. The van der Waals surface area contributed by atoms with Gasteiger partial charge in [0.1, 0.15) is 0 Å². The normalized spacial score (nSPS) is 19.1. The van der Waals surface area contributed by atoms with Crippen molar-refractivity contribution < 1.29 is 19.1 Å². The highest BCUT2D eigenvalue weighted by Crippen LogP contribution is 2.26. The first-order chi connectivity index (χ1) is 10.1. The number of nitrogens with one attached hydrogen (secondary N) is 1. The first kappa shape index (κ1) is 15.7. The molecule has 0 bridgehead atoms. The van der Waals surface area contributed by atoms with E-state index in [1.165, 1.54) is 25.4 Å². The molecule has 1 aromatic rings. The number of methoxy groups -OCH3 is 1. The second-order valence-electron chi connectivity index (χ2n) is 4.77. The second-order valence-corrected chi connectivity index (χ2v) is 5.63. The zero-order valence-electron chi connectivity index (χ0n) is 12.0. The number of aromatic nitrogens is 1. The summed E-state index contributed by atoms with van der Waals surface area (Å²) in [5.74, 6) is -0.445. The molecule has 2 rings (SSSR count). The van der Waals surface area contributed by atoms with Gasteiger partial charge in [0.25, 0.3) is 0 Å². The Bertz CT molecular complexity index is 547. The Labute approximate surface area is 127 Å². The number of esters is 1. The summed E-state index contributed by atoms with van der Waals surface area (Å²) in [5, 5.41) is 4.80. The zero-order chi connectivity index (χ0) is 15.2. The minimum atomic E-state index is -0.430. The van der Waals surface area contributed by atoms with Crippen molar-refractivity contribution in [1.82, 2.24) is 4.98 Å². The Morgan fingerprint density at radius 3 is 3.00 bits per heavy atom. The van der Waals surface area contributed by atoms with Gasteiger partial charge in [-0.25, -0.2) is 9.78 Å². The Kier molecular flexibility index (Phi) is 5.46. The van der Waals surface area contributed by atoms with Crippen molar-refractivity contribution in [3.8, 4) is 0 Å². The predicted octanol–water partition coefficient (Wildman–Crippen LogP) is 2.08. The molecule has 1 aliphatic heterocycles. The summed E-state index contributed by atoms with van der Waals surface area (Å²) >= 11 is 1.27. The van der Waals surface area contributed by atoms with E-state index < -0.39 is 5.97 Å². The van der Waals surface area contributed by atoms with Crippen LogP contribution in [-0.2, 0) is 19.1 Å². The molecule has 1 aromatic heterocycles. The Balaban J connectivity index is 2.22. The van der Waals surface area contributed by atoms with Crippen molar-refractivity contribution in [2.45, 2.75) is 19.8 Å². The van der Waals surface area contributed by atoms with E-state index >= 15 is 0 Å². The number of thiazole rings is 1. The molecule has 0 saturated carbocycles. The highest BCUT2D eigenvalue weighted by Gasteiger charge is 2.20. The van der Waals surface area contributed by atoms with Crippen LogP contribution in [0.15, 0.2) is 11.5 Å². The van der Waals surface area contributed by atoms with Crippen LogP contribution < -0.4 is 5.32 Å². The Morgan fingerprint density at radius 1 is 1.57 bits per heavy atom. The number of nitrogens with zero attached hydrogens (tertiary/aromatic N) is 1. The standard InChI is InChI=1S/C14H18N2O4S/c1-9(17)15-14-16-12(8-21-14)11(13(18)19-2)6-10-4-3-5-20-7-10/h6,8,10H,3-5,7H2,1-2H3,(H,15,16,17)/b11-6-. The number of carbonyl (C=O) groups is 2. The van der Waals surface area contributed by atoms with Crippen molar-refractivity contribution in [2.75, 3.05) is 25.6 Å². The van der Waals surface area contributed by atoms with Gasteiger partial charge >= 0.3 is 5.97 Å². The average molecular weight is 310 g/mol. The number of anilines is 1. The lowest BCUT2D eigenvalue weighted by Crippen LogP contribution is -2.17. The van der Waals surface area contributed by atoms with Crippen molar-refractivity contribution in [2.24, 2.45) is 5.92 Å². The minimum Gasteiger partial charge on any atom is -0.465 e. The predicted molar refractivity (Wildman–Crippen MR) is 80.0 cm³/mol. The minimum absolute atomic E-state index is 0.179. The maximum atomic E-state index is 12.0. The van der Waals surface area contributed by atoms with Crippen molar-refractivity contribution in [1.29, 1.82) is 0 Å². The Morgan fingerprint density at radius 2 is 2.38 bits per heavy atom. The number of hydrogen-bond donors (Lipinski definition) is 1. The molecule has 1 atom stereocenters. The molecule has 0 aliphatic carbocycles. The van der Waals surface area contributed by atoms with Crippen LogP contribution in [0.25, 0.3) is 5.57 Å². The molecule has 1 saturated heterocycles. The van der Waals surface area contributed by atoms with Crippen LogP contribution in [-0.4, -0.2) is 37.2 Å². The number of hydrogen-bond acceptors (Lipinski definition) is 6. The van der Waals surface area contributed by atoms with Crippen LogP contribution in [0.4, 0.5) is 5.13 Å². The molecule has 1 amide bonds. The van der Waals surface area contributed by atoms with Crippen LogP contribution in [0.3, 0.4) is 0 Å². The topological polar surface area (TPSA) is 77.5 Å². The fraction of sp³-hybridized carbons (Fsp3) is 0.500. The molecule has 0 aromatic carbocycles. The summed E-state index contributed by atoms with van der Waals surface area (Å²) in [4.78, 5) is 27.3. The molecular formula is C14H18N2O4S. The molecule has 2 heterocycles.